The number of oxazole rings is 1. The Morgan fingerprint density at radius 1 is 1.20 bits per heavy atom. The van der Waals surface area contributed by atoms with Crippen LogP contribution in [-0.4, -0.2) is 10.1 Å². The van der Waals surface area contributed by atoms with E-state index in [0.717, 1.165) is 16.7 Å². The summed E-state index contributed by atoms with van der Waals surface area (Å²) < 4.78 is 18.5. The summed E-state index contributed by atoms with van der Waals surface area (Å²) in [5.41, 5.74) is 3.29. The molecule has 20 heavy (non-hydrogen) atoms. The van der Waals surface area contributed by atoms with Crippen LogP contribution in [0.25, 0.3) is 11.1 Å². The van der Waals surface area contributed by atoms with Crippen molar-refractivity contribution in [2.45, 2.75) is 33.8 Å². The molecule has 0 radical (unpaired) electrons. The van der Waals surface area contributed by atoms with Gasteiger partial charge >= 0.3 is 0 Å². The van der Waals surface area contributed by atoms with Gasteiger partial charge in [-0.25, -0.2) is 9.37 Å². The summed E-state index contributed by atoms with van der Waals surface area (Å²) in [6.45, 7) is 7.26. The number of rotatable bonds is 3. The fourth-order valence-corrected chi connectivity index (χ4v) is 2.03. The summed E-state index contributed by atoms with van der Waals surface area (Å²) in [6.07, 6.45) is -0.661. The second-order valence-corrected chi connectivity index (χ2v) is 4.89. The second kappa shape index (κ2) is 5.59. The van der Waals surface area contributed by atoms with Gasteiger partial charge in [0.15, 0.2) is 0 Å². The Morgan fingerprint density at radius 2 is 1.80 bits per heavy atom. The van der Waals surface area contributed by atoms with Gasteiger partial charge in [-0.15, -0.1) is 0 Å². The number of aliphatic hydroxyl groups is 1. The van der Waals surface area contributed by atoms with E-state index in [1.165, 1.54) is 12.1 Å². The Bertz CT molecular complexity index is 639. The lowest BCUT2D eigenvalue weighted by Crippen LogP contribution is -1.94. The molecule has 0 fully saturated rings. The van der Waals surface area contributed by atoms with Gasteiger partial charge in [-0.05, 0) is 51.0 Å². The lowest BCUT2D eigenvalue weighted by atomic mass is 10.0. The minimum Gasteiger partial charge on any atom is -0.441 e. The van der Waals surface area contributed by atoms with E-state index in [4.69, 9.17) is 4.42 Å². The fourth-order valence-electron chi connectivity index (χ4n) is 2.03. The molecule has 0 saturated heterocycles. The molecule has 1 N–H and O–H groups in total. The average Bonchev–Trinajstić information content (AvgIpc) is 2.80. The van der Waals surface area contributed by atoms with Crippen molar-refractivity contribution >= 4 is 11.1 Å². The molecule has 0 aliphatic heterocycles. The van der Waals surface area contributed by atoms with Crippen LogP contribution in [0.15, 0.2) is 28.7 Å². The number of aromatic nitrogens is 1. The highest BCUT2D eigenvalue weighted by Crippen LogP contribution is 2.28. The molecular formula is C16H18FNO2. The number of aryl methyl sites for hydroxylation is 1. The first-order valence-electron chi connectivity index (χ1n) is 6.49. The highest BCUT2D eigenvalue weighted by molar-refractivity contribution is 5.86. The highest BCUT2D eigenvalue weighted by atomic mass is 19.1. The van der Waals surface area contributed by atoms with E-state index in [9.17, 15) is 9.50 Å². The number of nitrogens with zero attached hydrogens (tertiary/aromatic N) is 1. The zero-order valence-electron chi connectivity index (χ0n) is 12.1. The van der Waals surface area contributed by atoms with Gasteiger partial charge in [0.05, 0.1) is 6.10 Å². The van der Waals surface area contributed by atoms with E-state index in [1.807, 2.05) is 13.8 Å². The van der Waals surface area contributed by atoms with Gasteiger partial charge < -0.3 is 9.52 Å². The number of hydrogen-bond donors (Lipinski definition) is 1. The third-order valence-electron chi connectivity index (χ3n) is 3.39. The van der Waals surface area contributed by atoms with Crippen molar-refractivity contribution in [1.29, 1.82) is 0 Å². The van der Waals surface area contributed by atoms with Gasteiger partial charge in [0.1, 0.15) is 17.3 Å². The summed E-state index contributed by atoms with van der Waals surface area (Å²) in [6, 6.07) is 6.29. The zero-order valence-corrected chi connectivity index (χ0v) is 12.1. The molecule has 0 spiro atoms. The van der Waals surface area contributed by atoms with Crippen LogP contribution < -0.4 is 0 Å². The Morgan fingerprint density at radius 3 is 2.30 bits per heavy atom. The molecule has 0 bridgehead atoms. The average molecular weight is 275 g/mol. The van der Waals surface area contributed by atoms with Gasteiger partial charge in [-0.1, -0.05) is 12.1 Å². The van der Waals surface area contributed by atoms with E-state index in [2.05, 4.69) is 4.98 Å². The van der Waals surface area contributed by atoms with Crippen LogP contribution in [0.4, 0.5) is 4.39 Å². The third kappa shape index (κ3) is 2.80. The van der Waals surface area contributed by atoms with Crippen LogP contribution in [0, 0.1) is 12.7 Å². The normalized spacial score (nSPS) is 14.1. The van der Waals surface area contributed by atoms with E-state index in [0.29, 0.717) is 17.3 Å². The Hall–Kier alpha value is -1.94. The molecule has 106 valence electrons. The third-order valence-corrected chi connectivity index (χ3v) is 3.39. The molecule has 3 nitrogen and oxygen atoms in total. The molecule has 1 aromatic carbocycles. The Balaban J connectivity index is 2.43. The van der Waals surface area contributed by atoms with Crippen molar-refractivity contribution in [2.24, 2.45) is 0 Å². The largest absolute Gasteiger partial charge is 0.441 e. The van der Waals surface area contributed by atoms with Gasteiger partial charge in [0.2, 0.25) is 5.89 Å². The van der Waals surface area contributed by atoms with E-state index >= 15 is 0 Å². The van der Waals surface area contributed by atoms with Gasteiger partial charge in [-0.3, -0.25) is 0 Å². The molecule has 4 heteroatoms. The van der Waals surface area contributed by atoms with Crippen molar-refractivity contribution < 1.29 is 13.9 Å². The van der Waals surface area contributed by atoms with Crippen LogP contribution in [-0.2, 0) is 0 Å². The standard InChI is InChI=1S/C16H18FNO2/c1-9(13-5-7-14(17)8-6-13)10(2)16-18-15(11(3)19)12(4)20-16/h5-8,11,19H,1-4H3/b10-9+. The van der Waals surface area contributed by atoms with Crippen LogP contribution in [0.5, 0.6) is 0 Å². The van der Waals surface area contributed by atoms with Gasteiger partial charge in [0.25, 0.3) is 0 Å². The first kappa shape index (κ1) is 14.5. The molecule has 0 amide bonds. The lowest BCUT2D eigenvalue weighted by molar-refractivity contribution is 0.193. The zero-order chi connectivity index (χ0) is 14.9. The van der Waals surface area contributed by atoms with Crippen molar-refractivity contribution in [3.63, 3.8) is 0 Å². The quantitative estimate of drug-likeness (QED) is 0.916. The fraction of sp³-hybridized carbons (Fsp3) is 0.312. The van der Waals surface area contributed by atoms with Crippen LogP contribution >= 0.6 is 0 Å². The predicted octanol–water partition coefficient (Wildman–Crippen LogP) is 4.13. The maximum absolute atomic E-state index is 12.9. The van der Waals surface area contributed by atoms with E-state index in [-0.39, 0.29) is 5.82 Å². The molecule has 0 saturated carbocycles. The predicted molar refractivity (Wildman–Crippen MR) is 76.4 cm³/mol. The molecule has 2 rings (SSSR count). The van der Waals surface area contributed by atoms with Crippen molar-refractivity contribution in [3.8, 4) is 0 Å². The van der Waals surface area contributed by atoms with Crippen LogP contribution in [0.3, 0.4) is 0 Å². The number of aliphatic hydroxyl groups excluding tert-OH is 1. The minimum atomic E-state index is -0.661. The highest BCUT2D eigenvalue weighted by Gasteiger charge is 2.16. The number of hydrogen-bond acceptors (Lipinski definition) is 3. The Kier molecular flexibility index (Phi) is 4.04. The number of allylic oxidation sites excluding steroid dienone is 2. The maximum Gasteiger partial charge on any atom is 0.222 e. The Labute approximate surface area is 117 Å². The summed E-state index contributed by atoms with van der Waals surface area (Å²) in [5.74, 6) is 0.837. The first-order chi connectivity index (χ1) is 9.40. The van der Waals surface area contributed by atoms with E-state index in [1.54, 1.807) is 26.0 Å². The summed E-state index contributed by atoms with van der Waals surface area (Å²) in [7, 11) is 0. The number of halogens is 1. The maximum atomic E-state index is 12.9. The molecule has 2 aromatic rings. The summed E-state index contributed by atoms with van der Waals surface area (Å²) in [4.78, 5) is 4.32. The summed E-state index contributed by atoms with van der Waals surface area (Å²) in [5, 5.41) is 9.61. The second-order valence-electron chi connectivity index (χ2n) is 4.89. The van der Waals surface area contributed by atoms with Crippen LogP contribution in [0.1, 0.15) is 49.8 Å². The SMILES string of the molecule is C/C(=C(/C)c1nc(C(C)O)c(C)o1)c1ccc(F)cc1. The first-order valence-corrected chi connectivity index (χ1v) is 6.49. The van der Waals surface area contributed by atoms with Gasteiger partial charge in [0, 0.05) is 5.57 Å². The molecule has 1 heterocycles. The van der Waals surface area contributed by atoms with Crippen molar-refractivity contribution in [3.05, 3.63) is 53.0 Å². The van der Waals surface area contributed by atoms with Gasteiger partial charge in [-0.2, -0.15) is 0 Å². The molecule has 1 unspecified atom stereocenters. The summed E-state index contributed by atoms with van der Waals surface area (Å²) >= 11 is 0. The van der Waals surface area contributed by atoms with E-state index < -0.39 is 6.10 Å². The molecule has 0 aliphatic carbocycles. The minimum absolute atomic E-state index is 0.262. The van der Waals surface area contributed by atoms with Crippen molar-refractivity contribution in [1.82, 2.24) is 4.98 Å². The van der Waals surface area contributed by atoms with Crippen LogP contribution in [0.2, 0.25) is 0 Å². The lowest BCUT2D eigenvalue weighted by Gasteiger charge is -2.05. The molecule has 1 atom stereocenters. The molecular weight excluding hydrogens is 257 g/mol. The smallest absolute Gasteiger partial charge is 0.222 e. The van der Waals surface area contributed by atoms with Crippen molar-refractivity contribution in [2.75, 3.05) is 0 Å². The topological polar surface area (TPSA) is 46.3 Å². The monoisotopic (exact) mass is 275 g/mol. The molecule has 0 aliphatic rings. The number of benzene rings is 1. The molecule has 1 aromatic heterocycles.